The summed E-state index contributed by atoms with van der Waals surface area (Å²) in [5.41, 5.74) is -0.217. The van der Waals surface area contributed by atoms with E-state index in [1.54, 1.807) is 0 Å². The zero-order valence-electron chi connectivity index (χ0n) is 11.5. The molecule has 1 atom stereocenters. The van der Waals surface area contributed by atoms with Crippen molar-refractivity contribution < 1.29 is 9.53 Å². The fourth-order valence-corrected chi connectivity index (χ4v) is 2.85. The summed E-state index contributed by atoms with van der Waals surface area (Å²) in [5, 5.41) is 6.24. The van der Waals surface area contributed by atoms with Crippen LogP contribution in [0.25, 0.3) is 0 Å². The van der Waals surface area contributed by atoms with Gasteiger partial charge in [0.15, 0.2) is 0 Å². The van der Waals surface area contributed by atoms with Crippen LogP contribution in [-0.2, 0) is 9.53 Å². The summed E-state index contributed by atoms with van der Waals surface area (Å²) < 4.78 is 5.80. The molecular weight excluding hydrogens is 228 g/mol. The van der Waals surface area contributed by atoms with Crippen LogP contribution in [0.15, 0.2) is 0 Å². The Morgan fingerprint density at radius 3 is 2.83 bits per heavy atom. The number of hydrogen-bond acceptors (Lipinski definition) is 3. The summed E-state index contributed by atoms with van der Waals surface area (Å²) in [4.78, 5) is 12.0. The van der Waals surface area contributed by atoms with Gasteiger partial charge in [0, 0.05) is 13.1 Å². The Morgan fingerprint density at radius 2 is 2.17 bits per heavy atom. The van der Waals surface area contributed by atoms with Gasteiger partial charge in [-0.05, 0) is 32.7 Å². The number of ether oxygens (including phenoxy) is 1. The van der Waals surface area contributed by atoms with Crippen LogP contribution < -0.4 is 10.6 Å². The predicted octanol–water partition coefficient (Wildman–Crippen LogP) is 1.45. The van der Waals surface area contributed by atoms with Crippen LogP contribution in [0.4, 0.5) is 0 Å². The maximum atomic E-state index is 12.0. The molecule has 2 rings (SSSR count). The SMILES string of the molecule is CC1(C(=O)NCCOC2CCCCC2)CCNC1. The van der Waals surface area contributed by atoms with E-state index in [-0.39, 0.29) is 11.3 Å². The second-order valence-electron chi connectivity index (χ2n) is 5.87. The van der Waals surface area contributed by atoms with E-state index >= 15 is 0 Å². The molecule has 1 aliphatic carbocycles. The lowest BCUT2D eigenvalue weighted by Gasteiger charge is -2.24. The van der Waals surface area contributed by atoms with Gasteiger partial charge in [-0.3, -0.25) is 4.79 Å². The lowest BCUT2D eigenvalue weighted by Crippen LogP contribution is -2.41. The van der Waals surface area contributed by atoms with Crippen molar-refractivity contribution in [3.63, 3.8) is 0 Å². The van der Waals surface area contributed by atoms with E-state index in [0.29, 0.717) is 19.3 Å². The highest BCUT2D eigenvalue weighted by Crippen LogP contribution is 2.24. The fourth-order valence-electron chi connectivity index (χ4n) is 2.85. The summed E-state index contributed by atoms with van der Waals surface area (Å²) in [6.45, 7) is 5.07. The van der Waals surface area contributed by atoms with Gasteiger partial charge in [-0.2, -0.15) is 0 Å². The molecule has 0 aromatic rings. The van der Waals surface area contributed by atoms with E-state index in [0.717, 1.165) is 19.5 Å². The number of carbonyl (C=O) groups excluding carboxylic acids is 1. The number of rotatable bonds is 5. The lowest BCUT2D eigenvalue weighted by molar-refractivity contribution is -0.129. The van der Waals surface area contributed by atoms with Crippen LogP contribution in [0.2, 0.25) is 0 Å². The average Bonchev–Trinajstić information content (AvgIpc) is 2.84. The summed E-state index contributed by atoms with van der Waals surface area (Å²) in [5.74, 6) is 0.166. The van der Waals surface area contributed by atoms with Crippen molar-refractivity contribution in [3.05, 3.63) is 0 Å². The average molecular weight is 254 g/mol. The summed E-state index contributed by atoms with van der Waals surface area (Å²) in [6, 6.07) is 0. The van der Waals surface area contributed by atoms with Gasteiger partial charge in [0.05, 0.1) is 18.1 Å². The van der Waals surface area contributed by atoms with E-state index in [9.17, 15) is 4.79 Å². The molecule has 2 fully saturated rings. The van der Waals surface area contributed by atoms with Crippen molar-refractivity contribution >= 4 is 5.91 Å². The zero-order chi connectivity index (χ0) is 12.8. The number of amides is 1. The molecule has 18 heavy (non-hydrogen) atoms. The fraction of sp³-hybridized carbons (Fsp3) is 0.929. The van der Waals surface area contributed by atoms with Gasteiger partial charge in [0.2, 0.25) is 5.91 Å². The number of hydrogen-bond donors (Lipinski definition) is 2. The molecule has 4 nitrogen and oxygen atoms in total. The van der Waals surface area contributed by atoms with Crippen LogP contribution in [0.5, 0.6) is 0 Å². The first-order valence-corrected chi connectivity index (χ1v) is 7.31. The monoisotopic (exact) mass is 254 g/mol. The van der Waals surface area contributed by atoms with Crippen molar-refractivity contribution in [2.24, 2.45) is 5.41 Å². The van der Waals surface area contributed by atoms with Crippen molar-refractivity contribution in [2.75, 3.05) is 26.2 Å². The van der Waals surface area contributed by atoms with Crippen LogP contribution in [0, 0.1) is 5.41 Å². The lowest BCUT2D eigenvalue weighted by atomic mass is 9.89. The molecule has 1 aliphatic heterocycles. The Morgan fingerprint density at radius 1 is 1.39 bits per heavy atom. The predicted molar refractivity (Wildman–Crippen MR) is 71.4 cm³/mol. The van der Waals surface area contributed by atoms with Crippen LogP contribution in [0.3, 0.4) is 0 Å². The Labute approximate surface area is 110 Å². The molecule has 104 valence electrons. The highest BCUT2D eigenvalue weighted by Gasteiger charge is 2.35. The zero-order valence-corrected chi connectivity index (χ0v) is 11.5. The minimum Gasteiger partial charge on any atom is -0.376 e. The van der Waals surface area contributed by atoms with Crippen molar-refractivity contribution in [2.45, 2.75) is 51.6 Å². The van der Waals surface area contributed by atoms with Gasteiger partial charge in [-0.1, -0.05) is 19.3 Å². The molecule has 0 bridgehead atoms. The molecule has 1 unspecified atom stereocenters. The minimum absolute atomic E-state index is 0.166. The van der Waals surface area contributed by atoms with E-state index in [1.807, 2.05) is 6.92 Å². The summed E-state index contributed by atoms with van der Waals surface area (Å²) in [7, 11) is 0. The second kappa shape index (κ2) is 6.53. The van der Waals surface area contributed by atoms with E-state index in [1.165, 1.54) is 32.1 Å². The Balaban J connectivity index is 1.58. The largest absolute Gasteiger partial charge is 0.376 e. The normalized spacial score (nSPS) is 29.4. The molecule has 4 heteroatoms. The molecule has 0 radical (unpaired) electrons. The second-order valence-corrected chi connectivity index (χ2v) is 5.87. The van der Waals surface area contributed by atoms with Gasteiger partial charge in [0.25, 0.3) is 0 Å². The topological polar surface area (TPSA) is 50.4 Å². The van der Waals surface area contributed by atoms with E-state index in [2.05, 4.69) is 10.6 Å². The third kappa shape index (κ3) is 3.69. The van der Waals surface area contributed by atoms with Gasteiger partial charge in [-0.25, -0.2) is 0 Å². The first kappa shape index (κ1) is 13.8. The molecule has 1 saturated carbocycles. The minimum atomic E-state index is -0.217. The maximum absolute atomic E-state index is 12.0. The standard InChI is InChI=1S/C14H26N2O2/c1-14(7-8-15-11-14)13(17)16-9-10-18-12-5-3-2-4-6-12/h12,15H,2-11H2,1H3,(H,16,17). The quantitative estimate of drug-likeness (QED) is 0.730. The highest BCUT2D eigenvalue weighted by atomic mass is 16.5. The van der Waals surface area contributed by atoms with Crippen LogP contribution >= 0.6 is 0 Å². The number of nitrogens with one attached hydrogen (secondary N) is 2. The molecular formula is C14H26N2O2. The molecule has 2 aliphatic rings. The van der Waals surface area contributed by atoms with Gasteiger partial charge >= 0.3 is 0 Å². The highest BCUT2D eigenvalue weighted by molar-refractivity contribution is 5.82. The molecule has 0 aromatic carbocycles. The van der Waals surface area contributed by atoms with Gasteiger partial charge in [0.1, 0.15) is 0 Å². The van der Waals surface area contributed by atoms with E-state index in [4.69, 9.17) is 4.74 Å². The third-order valence-electron chi connectivity index (χ3n) is 4.21. The van der Waals surface area contributed by atoms with Gasteiger partial charge in [-0.15, -0.1) is 0 Å². The Kier molecular flexibility index (Phi) is 5.01. The van der Waals surface area contributed by atoms with Crippen molar-refractivity contribution in [1.82, 2.24) is 10.6 Å². The first-order chi connectivity index (χ1) is 8.71. The smallest absolute Gasteiger partial charge is 0.227 e. The molecule has 2 N–H and O–H groups in total. The molecule has 1 amide bonds. The van der Waals surface area contributed by atoms with Crippen LogP contribution in [0.1, 0.15) is 45.4 Å². The molecule has 0 aromatic heterocycles. The maximum Gasteiger partial charge on any atom is 0.227 e. The molecule has 0 spiro atoms. The first-order valence-electron chi connectivity index (χ1n) is 7.31. The third-order valence-corrected chi connectivity index (χ3v) is 4.21. The van der Waals surface area contributed by atoms with Crippen molar-refractivity contribution in [3.8, 4) is 0 Å². The molecule has 1 saturated heterocycles. The van der Waals surface area contributed by atoms with E-state index < -0.39 is 0 Å². The summed E-state index contributed by atoms with van der Waals surface area (Å²) >= 11 is 0. The number of carbonyl (C=O) groups is 1. The molecule has 1 heterocycles. The van der Waals surface area contributed by atoms with Crippen molar-refractivity contribution in [1.29, 1.82) is 0 Å². The van der Waals surface area contributed by atoms with Crippen LogP contribution in [-0.4, -0.2) is 38.3 Å². The Hall–Kier alpha value is -0.610. The summed E-state index contributed by atoms with van der Waals surface area (Å²) in [6.07, 6.45) is 7.68. The van der Waals surface area contributed by atoms with Gasteiger partial charge < -0.3 is 15.4 Å². The Bertz CT molecular complexity index is 269.